The number of fused-ring (bicyclic) bond motifs is 1. The van der Waals surface area contributed by atoms with Crippen molar-refractivity contribution < 1.29 is 4.79 Å². The number of aromatic nitrogens is 2. The van der Waals surface area contributed by atoms with Crippen LogP contribution in [0.4, 0.5) is 17.2 Å². The number of halogens is 1. The summed E-state index contributed by atoms with van der Waals surface area (Å²) >= 11 is 6.14. The molecule has 2 heterocycles. The molecule has 8 nitrogen and oxygen atoms in total. The fourth-order valence-electron chi connectivity index (χ4n) is 4.12. The summed E-state index contributed by atoms with van der Waals surface area (Å²) in [5.74, 6) is -0.0545. The van der Waals surface area contributed by atoms with Crippen LogP contribution in [-0.4, -0.2) is 35.1 Å². The normalized spacial score (nSPS) is 13.3. The summed E-state index contributed by atoms with van der Waals surface area (Å²) in [6, 6.07) is 5.69. The first-order valence-electron chi connectivity index (χ1n) is 11.2. The van der Waals surface area contributed by atoms with Crippen molar-refractivity contribution in [3.8, 4) is 0 Å². The first-order valence-corrected chi connectivity index (χ1v) is 11.6. The Kier molecular flexibility index (Phi) is 7.66. The van der Waals surface area contributed by atoms with Crippen LogP contribution in [0.5, 0.6) is 0 Å². The maximum Gasteiger partial charge on any atom is 0.330 e. The van der Waals surface area contributed by atoms with Gasteiger partial charge in [0.1, 0.15) is 5.82 Å². The number of H-pyrrole nitrogens is 1. The zero-order chi connectivity index (χ0) is 23.4. The van der Waals surface area contributed by atoms with Gasteiger partial charge in [0.15, 0.2) is 5.69 Å². The Balaban J connectivity index is 1.97. The van der Waals surface area contributed by atoms with Gasteiger partial charge >= 0.3 is 5.69 Å². The Bertz CT molecular complexity index is 1090. The minimum absolute atomic E-state index is 0.0303. The molecule has 0 radical (unpaired) electrons. The smallest absolute Gasteiger partial charge is 0.330 e. The molecule has 0 saturated carbocycles. The number of rotatable bonds is 8. The Morgan fingerprint density at radius 1 is 1.31 bits per heavy atom. The van der Waals surface area contributed by atoms with Crippen LogP contribution >= 0.6 is 11.6 Å². The quantitative estimate of drug-likeness (QED) is 0.628. The number of nitrogens with one attached hydrogen (secondary N) is 1. The number of aryl methyl sites for hydroxylation is 1. The van der Waals surface area contributed by atoms with E-state index in [2.05, 4.69) is 4.98 Å². The van der Waals surface area contributed by atoms with Crippen molar-refractivity contribution >= 4 is 34.7 Å². The molecule has 32 heavy (non-hydrogen) atoms. The van der Waals surface area contributed by atoms with Crippen LogP contribution in [0, 0.1) is 5.92 Å². The molecule has 174 valence electrons. The average molecular weight is 462 g/mol. The van der Waals surface area contributed by atoms with E-state index in [0.29, 0.717) is 24.5 Å². The number of nitrogens with two attached hydrogens (primary N) is 1. The lowest BCUT2D eigenvalue weighted by molar-refractivity contribution is -0.117. The number of amides is 1. The minimum Gasteiger partial charge on any atom is -0.383 e. The van der Waals surface area contributed by atoms with Crippen molar-refractivity contribution in [1.82, 2.24) is 9.55 Å². The number of hydrogen-bond acceptors (Lipinski definition) is 5. The summed E-state index contributed by atoms with van der Waals surface area (Å²) in [4.78, 5) is 44.4. The Labute approximate surface area is 193 Å². The molecule has 3 rings (SSSR count). The predicted octanol–water partition coefficient (Wildman–Crippen LogP) is 3.01. The molecule has 1 aliphatic heterocycles. The Morgan fingerprint density at radius 2 is 2.06 bits per heavy atom. The molecule has 0 bridgehead atoms. The molecule has 0 spiro atoms. The number of unbranched alkanes of at least 4 members (excludes halogenated alkanes) is 1. The number of hydrogen-bond donors (Lipinski definition) is 2. The van der Waals surface area contributed by atoms with Crippen LogP contribution in [0.25, 0.3) is 0 Å². The van der Waals surface area contributed by atoms with E-state index in [4.69, 9.17) is 17.3 Å². The molecule has 1 aromatic carbocycles. The summed E-state index contributed by atoms with van der Waals surface area (Å²) < 4.78 is 1.34. The van der Waals surface area contributed by atoms with Gasteiger partial charge in [-0.05, 0) is 48.9 Å². The highest BCUT2D eigenvalue weighted by atomic mass is 35.5. The topological polar surface area (TPSA) is 104 Å². The van der Waals surface area contributed by atoms with Crippen LogP contribution in [0.2, 0.25) is 5.02 Å². The molecular weight excluding hydrogens is 430 g/mol. The third-order valence-corrected chi connectivity index (χ3v) is 5.89. The highest BCUT2D eigenvalue weighted by Crippen LogP contribution is 2.30. The van der Waals surface area contributed by atoms with E-state index in [0.717, 1.165) is 37.1 Å². The fourth-order valence-corrected chi connectivity index (χ4v) is 4.31. The predicted molar refractivity (Wildman–Crippen MR) is 130 cm³/mol. The lowest BCUT2D eigenvalue weighted by Gasteiger charge is -2.33. The van der Waals surface area contributed by atoms with E-state index >= 15 is 0 Å². The Hall–Kier alpha value is -2.74. The van der Waals surface area contributed by atoms with E-state index in [1.54, 1.807) is 0 Å². The lowest BCUT2D eigenvalue weighted by Crippen LogP contribution is -2.46. The number of aromatic amines is 1. The zero-order valence-corrected chi connectivity index (χ0v) is 19.7. The second-order valence-electron chi connectivity index (χ2n) is 8.69. The second kappa shape index (κ2) is 10.3. The molecule has 0 aliphatic carbocycles. The molecule has 0 fully saturated rings. The van der Waals surface area contributed by atoms with Crippen molar-refractivity contribution in [3.05, 3.63) is 49.6 Å². The van der Waals surface area contributed by atoms with E-state index in [1.165, 1.54) is 9.47 Å². The van der Waals surface area contributed by atoms with E-state index in [1.807, 2.05) is 43.9 Å². The van der Waals surface area contributed by atoms with Crippen LogP contribution in [0.1, 0.15) is 45.6 Å². The van der Waals surface area contributed by atoms with Crippen molar-refractivity contribution in [2.24, 2.45) is 5.92 Å². The molecule has 1 aromatic heterocycles. The monoisotopic (exact) mass is 461 g/mol. The minimum atomic E-state index is -0.636. The largest absolute Gasteiger partial charge is 0.383 e. The van der Waals surface area contributed by atoms with E-state index in [-0.39, 0.29) is 29.9 Å². The van der Waals surface area contributed by atoms with Crippen LogP contribution < -0.4 is 26.8 Å². The Morgan fingerprint density at radius 3 is 2.75 bits per heavy atom. The van der Waals surface area contributed by atoms with Crippen molar-refractivity contribution in [1.29, 1.82) is 0 Å². The van der Waals surface area contributed by atoms with Gasteiger partial charge in [0.25, 0.3) is 5.56 Å². The van der Waals surface area contributed by atoms with Crippen molar-refractivity contribution in [2.45, 2.75) is 53.0 Å². The lowest BCUT2D eigenvalue weighted by atomic mass is 10.0. The van der Waals surface area contributed by atoms with Crippen LogP contribution in [0.3, 0.4) is 0 Å². The standard InChI is InChI=1S/C23H32ClN5O3/c1-4-5-11-28(20-21(25)29(13-15(2)3)23(32)26-22(20)31)19(30)14-27-10-6-7-16-12-17(24)8-9-18(16)27/h8-9,12,15H,4-7,10-11,13-14,25H2,1-3H3,(H,26,31,32). The zero-order valence-electron chi connectivity index (χ0n) is 19.0. The molecule has 3 N–H and O–H groups in total. The number of carbonyl (C=O) groups excluding carboxylic acids is 1. The molecule has 0 unspecified atom stereocenters. The molecule has 1 amide bonds. The molecule has 2 aromatic rings. The summed E-state index contributed by atoms with van der Waals surface area (Å²) in [5.41, 5.74) is 7.24. The SMILES string of the molecule is CCCCN(C(=O)CN1CCCc2cc(Cl)ccc21)c1c(N)n(CC(C)C)c(=O)[nH]c1=O. The fraction of sp³-hybridized carbons (Fsp3) is 0.522. The summed E-state index contributed by atoms with van der Waals surface area (Å²) in [7, 11) is 0. The summed E-state index contributed by atoms with van der Waals surface area (Å²) in [6.07, 6.45) is 3.38. The number of benzene rings is 1. The van der Waals surface area contributed by atoms with Gasteiger partial charge in [-0.3, -0.25) is 19.1 Å². The first kappa shape index (κ1) is 23.9. The number of nitrogens with zero attached hydrogens (tertiary/aromatic N) is 3. The number of anilines is 3. The van der Waals surface area contributed by atoms with Gasteiger partial charge in [-0.1, -0.05) is 38.8 Å². The van der Waals surface area contributed by atoms with Gasteiger partial charge in [-0.2, -0.15) is 0 Å². The number of carbonyl (C=O) groups is 1. The molecule has 9 heteroatoms. The van der Waals surface area contributed by atoms with E-state index in [9.17, 15) is 14.4 Å². The van der Waals surface area contributed by atoms with Crippen molar-refractivity contribution in [3.63, 3.8) is 0 Å². The van der Waals surface area contributed by atoms with Gasteiger partial charge in [-0.25, -0.2) is 4.79 Å². The number of nitrogen functional groups attached to an aromatic ring is 1. The summed E-state index contributed by atoms with van der Waals surface area (Å²) in [5, 5.41) is 0.674. The van der Waals surface area contributed by atoms with Gasteiger partial charge < -0.3 is 15.5 Å². The first-order chi connectivity index (χ1) is 15.2. The third kappa shape index (κ3) is 5.18. The van der Waals surface area contributed by atoms with Crippen molar-refractivity contribution in [2.75, 3.05) is 35.2 Å². The maximum absolute atomic E-state index is 13.5. The van der Waals surface area contributed by atoms with E-state index < -0.39 is 11.2 Å². The summed E-state index contributed by atoms with van der Waals surface area (Å²) in [6.45, 7) is 7.48. The van der Waals surface area contributed by atoms with Gasteiger partial charge in [0.2, 0.25) is 5.91 Å². The second-order valence-corrected chi connectivity index (χ2v) is 9.13. The molecule has 1 aliphatic rings. The molecule has 0 saturated heterocycles. The highest BCUT2D eigenvalue weighted by Gasteiger charge is 2.27. The average Bonchev–Trinajstić information content (AvgIpc) is 2.73. The van der Waals surface area contributed by atoms with Gasteiger partial charge in [-0.15, -0.1) is 0 Å². The van der Waals surface area contributed by atoms with Crippen LogP contribution in [-0.2, 0) is 17.8 Å². The highest BCUT2D eigenvalue weighted by molar-refractivity contribution is 6.30. The molecular formula is C23H32ClN5O3. The maximum atomic E-state index is 13.5. The van der Waals surface area contributed by atoms with Gasteiger partial charge in [0.05, 0.1) is 6.54 Å². The van der Waals surface area contributed by atoms with Gasteiger partial charge in [0, 0.05) is 30.3 Å². The molecule has 0 atom stereocenters. The third-order valence-electron chi connectivity index (χ3n) is 5.65. The van der Waals surface area contributed by atoms with Crippen LogP contribution in [0.15, 0.2) is 27.8 Å².